The van der Waals surface area contributed by atoms with Crippen LogP contribution >= 0.6 is 0 Å². The van der Waals surface area contributed by atoms with E-state index in [1.807, 2.05) is 97.1 Å². The summed E-state index contributed by atoms with van der Waals surface area (Å²) in [5, 5.41) is 16.3. The molecule has 3 N–H and O–H groups in total. The van der Waals surface area contributed by atoms with Crippen molar-refractivity contribution in [3.8, 4) is 5.75 Å². The van der Waals surface area contributed by atoms with Gasteiger partial charge in [0, 0.05) is 6.42 Å². The minimum atomic E-state index is -0.594. The first-order chi connectivity index (χ1) is 24.4. The molecule has 0 spiro atoms. The average molecular weight is 681 g/mol. The van der Waals surface area contributed by atoms with Gasteiger partial charge >= 0.3 is 5.97 Å². The summed E-state index contributed by atoms with van der Waals surface area (Å²) in [6.45, 7) is 0.365. The Balaban J connectivity index is 1.20. The van der Waals surface area contributed by atoms with Crippen molar-refractivity contribution in [1.29, 1.82) is 0 Å². The summed E-state index contributed by atoms with van der Waals surface area (Å²) in [4.78, 5) is 40.3. The van der Waals surface area contributed by atoms with Crippen molar-refractivity contribution in [2.45, 2.75) is 89.3 Å². The largest absolute Gasteiger partial charge is 0.489 e. The Morgan fingerprint density at radius 2 is 1.50 bits per heavy atom. The molecule has 2 aliphatic rings. The topological polar surface area (TPSA) is 114 Å². The van der Waals surface area contributed by atoms with Crippen molar-refractivity contribution < 1.29 is 29.0 Å². The zero-order valence-corrected chi connectivity index (χ0v) is 29.0. The van der Waals surface area contributed by atoms with Crippen molar-refractivity contribution in [2.75, 3.05) is 13.2 Å². The average Bonchev–Trinajstić information content (AvgIpc) is 3.14. The van der Waals surface area contributed by atoms with Gasteiger partial charge in [0.15, 0.2) is 0 Å². The van der Waals surface area contributed by atoms with Gasteiger partial charge in [-0.05, 0) is 66.8 Å². The molecule has 1 fully saturated rings. The van der Waals surface area contributed by atoms with Crippen LogP contribution in [-0.4, -0.2) is 48.2 Å². The Labute approximate surface area is 296 Å². The molecular weight excluding hydrogens is 628 g/mol. The minimum absolute atomic E-state index is 0.0116. The number of rotatable bonds is 13. The fourth-order valence-electron chi connectivity index (χ4n) is 7.00. The number of aliphatic hydroxyl groups is 1. The molecule has 5 rings (SSSR count). The van der Waals surface area contributed by atoms with E-state index < -0.39 is 12.0 Å². The van der Waals surface area contributed by atoms with Gasteiger partial charge in [0.2, 0.25) is 11.8 Å². The Hall–Kier alpha value is -4.43. The maximum absolute atomic E-state index is 13.7. The molecule has 3 aromatic rings. The third kappa shape index (κ3) is 12.2. The number of aliphatic hydroxyl groups excluding tert-OH is 1. The van der Waals surface area contributed by atoms with Gasteiger partial charge in [-0.25, -0.2) is 0 Å². The van der Waals surface area contributed by atoms with Crippen molar-refractivity contribution in [2.24, 2.45) is 17.8 Å². The van der Waals surface area contributed by atoms with E-state index in [-0.39, 0.29) is 49.4 Å². The van der Waals surface area contributed by atoms with Crippen molar-refractivity contribution in [3.05, 3.63) is 114 Å². The molecule has 0 bridgehead atoms. The number of benzene rings is 3. The molecule has 0 radical (unpaired) electrons. The number of amides is 2. The first-order valence-electron chi connectivity index (χ1n) is 18.3. The maximum Gasteiger partial charge on any atom is 0.309 e. The van der Waals surface area contributed by atoms with E-state index in [1.165, 1.54) is 19.3 Å². The molecule has 266 valence electrons. The lowest BCUT2D eigenvalue weighted by Crippen LogP contribution is -2.45. The third-order valence-electron chi connectivity index (χ3n) is 9.82. The monoisotopic (exact) mass is 680 g/mol. The van der Waals surface area contributed by atoms with Gasteiger partial charge < -0.3 is 25.2 Å². The highest BCUT2D eigenvalue weighted by molar-refractivity contribution is 5.86. The van der Waals surface area contributed by atoms with E-state index in [2.05, 4.69) is 10.6 Å². The first-order valence-corrected chi connectivity index (χ1v) is 18.3. The minimum Gasteiger partial charge on any atom is -0.489 e. The fraction of sp³-hybridized carbons (Fsp3) is 0.452. The van der Waals surface area contributed by atoms with E-state index in [0.29, 0.717) is 38.2 Å². The quantitative estimate of drug-likeness (QED) is 0.140. The summed E-state index contributed by atoms with van der Waals surface area (Å²) in [7, 11) is 0. The lowest BCUT2D eigenvalue weighted by molar-refractivity contribution is -0.150. The van der Waals surface area contributed by atoms with Crippen LogP contribution in [0.5, 0.6) is 5.75 Å². The second kappa shape index (κ2) is 19.7. The van der Waals surface area contributed by atoms with Gasteiger partial charge in [-0.1, -0.05) is 117 Å². The van der Waals surface area contributed by atoms with Crippen LogP contribution in [0.2, 0.25) is 0 Å². The number of carbonyl (C=O) groups is 3. The molecule has 1 saturated carbocycles. The highest BCUT2D eigenvalue weighted by Crippen LogP contribution is 2.28. The highest BCUT2D eigenvalue weighted by atomic mass is 16.5. The molecule has 8 nitrogen and oxygen atoms in total. The Kier molecular flexibility index (Phi) is 14.5. The lowest BCUT2D eigenvalue weighted by atomic mass is 9.84. The molecule has 2 amide bonds. The maximum atomic E-state index is 13.7. The number of nitrogens with one attached hydrogen (secondary N) is 2. The molecule has 1 aliphatic heterocycles. The Morgan fingerprint density at radius 3 is 2.18 bits per heavy atom. The standard InChI is InChI=1S/C42H52N2O6/c45-28-37(25-33-20-22-39(23-21-33)49-29-34-16-8-3-9-17-34)43-40(46)27-35-18-10-11-19-36(24-31-12-4-1-5-13-31)42(48)50-30-38(44-41(35)47)26-32-14-6-2-7-15-32/h1,3-5,8-13,16-17,20-23,32,35-38,45H,2,6-7,14-15,18-19,24-30H2,(H,43,46)(H,44,47)/t35-,36-,37+,38+/m1/s1. The van der Waals surface area contributed by atoms with Gasteiger partial charge in [-0.15, -0.1) is 0 Å². The van der Waals surface area contributed by atoms with E-state index >= 15 is 0 Å². The van der Waals surface area contributed by atoms with Gasteiger partial charge in [-0.2, -0.15) is 0 Å². The summed E-state index contributed by atoms with van der Waals surface area (Å²) >= 11 is 0. The fourth-order valence-corrected chi connectivity index (χ4v) is 7.00. The summed E-state index contributed by atoms with van der Waals surface area (Å²) < 4.78 is 11.8. The molecule has 0 saturated heterocycles. The zero-order chi connectivity index (χ0) is 35.0. The predicted octanol–water partition coefficient (Wildman–Crippen LogP) is 6.50. The van der Waals surface area contributed by atoms with Crippen molar-refractivity contribution in [3.63, 3.8) is 0 Å². The van der Waals surface area contributed by atoms with Crippen LogP contribution in [0, 0.1) is 17.8 Å². The molecule has 0 unspecified atom stereocenters. The summed E-state index contributed by atoms with van der Waals surface area (Å²) in [5.41, 5.74) is 3.11. The summed E-state index contributed by atoms with van der Waals surface area (Å²) in [5.74, 6) is -0.468. The normalized spacial score (nSPS) is 21.2. The van der Waals surface area contributed by atoms with Gasteiger partial charge in [-0.3, -0.25) is 14.4 Å². The highest BCUT2D eigenvalue weighted by Gasteiger charge is 2.29. The number of carbonyl (C=O) groups excluding carboxylic acids is 3. The number of cyclic esters (lactones) is 1. The predicted molar refractivity (Wildman–Crippen MR) is 194 cm³/mol. The van der Waals surface area contributed by atoms with Crippen LogP contribution in [0.25, 0.3) is 0 Å². The van der Waals surface area contributed by atoms with Crippen LogP contribution in [0.4, 0.5) is 0 Å². The summed E-state index contributed by atoms with van der Waals surface area (Å²) in [6, 6.07) is 26.7. The molecule has 8 heteroatoms. The third-order valence-corrected chi connectivity index (χ3v) is 9.82. The van der Waals surface area contributed by atoms with E-state index in [1.54, 1.807) is 0 Å². The van der Waals surface area contributed by atoms with Gasteiger partial charge in [0.1, 0.15) is 19.0 Å². The van der Waals surface area contributed by atoms with E-state index in [9.17, 15) is 19.5 Å². The number of hydrogen-bond acceptors (Lipinski definition) is 6. The smallest absolute Gasteiger partial charge is 0.309 e. The first kappa shape index (κ1) is 36.8. The van der Waals surface area contributed by atoms with Crippen LogP contribution in [0.3, 0.4) is 0 Å². The van der Waals surface area contributed by atoms with Crippen LogP contribution in [0.1, 0.15) is 74.5 Å². The number of esters is 1. The molecular formula is C42H52N2O6. The SMILES string of the molecule is O=C(C[C@H]1CC=CC[C@H](Cc2ccccc2)C(=O)OC[C@H](CC2CCCCC2)NC1=O)N[C@H](CO)Cc1ccc(OCc2ccccc2)cc1. The second-order valence-electron chi connectivity index (χ2n) is 13.9. The summed E-state index contributed by atoms with van der Waals surface area (Å²) in [6.07, 6.45) is 12.3. The molecule has 3 aromatic carbocycles. The Morgan fingerprint density at radius 1 is 0.840 bits per heavy atom. The number of ether oxygens (including phenoxy) is 2. The molecule has 1 aliphatic carbocycles. The number of hydrogen-bond donors (Lipinski definition) is 3. The second-order valence-corrected chi connectivity index (χ2v) is 13.9. The number of allylic oxidation sites excluding steroid dienone is 2. The van der Waals surface area contributed by atoms with Gasteiger partial charge in [0.05, 0.1) is 30.5 Å². The zero-order valence-electron chi connectivity index (χ0n) is 29.0. The molecule has 0 aromatic heterocycles. The van der Waals surface area contributed by atoms with Crippen molar-refractivity contribution in [1.82, 2.24) is 10.6 Å². The van der Waals surface area contributed by atoms with E-state index in [0.717, 1.165) is 41.7 Å². The molecule has 4 atom stereocenters. The molecule has 50 heavy (non-hydrogen) atoms. The molecule has 1 heterocycles. The Bertz CT molecular complexity index is 1500. The van der Waals surface area contributed by atoms with Crippen molar-refractivity contribution >= 4 is 17.8 Å². The van der Waals surface area contributed by atoms with Crippen LogP contribution < -0.4 is 15.4 Å². The lowest BCUT2D eigenvalue weighted by Gasteiger charge is -2.29. The van der Waals surface area contributed by atoms with Crippen LogP contribution in [-0.2, 0) is 38.6 Å². The van der Waals surface area contributed by atoms with Gasteiger partial charge in [0.25, 0.3) is 0 Å². The van der Waals surface area contributed by atoms with E-state index in [4.69, 9.17) is 9.47 Å². The van der Waals surface area contributed by atoms with Crippen LogP contribution in [0.15, 0.2) is 97.1 Å².